The summed E-state index contributed by atoms with van der Waals surface area (Å²) in [5.74, 6) is 0.910. The van der Waals surface area contributed by atoms with E-state index < -0.39 is 4.92 Å². The van der Waals surface area contributed by atoms with Crippen LogP contribution in [0, 0.1) is 10.1 Å². The minimum atomic E-state index is -0.497. The smallest absolute Gasteiger partial charge is 0.270 e. The first-order chi connectivity index (χ1) is 14.5. The Morgan fingerprint density at radius 2 is 1.87 bits per heavy atom. The molecule has 1 aliphatic heterocycles. The molecule has 2 aromatic carbocycles. The van der Waals surface area contributed by atoms with E-state index >= 15 is 0 Å². The van der Waals surface area contributed by atoms with Gasteiger partial charge in [0, 0.05) is 31.8 Å². The van der Waals surface area contributed by atoms with Crippen molar-refractivity contribution in [2.45, 2.75) is 6.42 Å². The number of morpholine rings is 1. The summed E-state index contributed by atoms with van der Waals surface area (Å²) < 4.78 is 15.9. The molecule has 1 N–H and O–H groups in total. The summed E-state index contributed by atoms with van der Waals surface area (Å²) in [4.78, 5) is 25.6. The number of non-ortho nitro benzene ring substituents is 1. The van der Waals surface area contributed by atoms with Gasteiger partial charge in [-0.15, -0.1) is 0 Å². The Kier molecular flexibility index (Phi) is 7.08. The predicted molar refractivity (Wildman–Crippen MR) is 112 cm³/mol. The highest BCUT2D eigenvalue weighted by Crippen LogP contribution is 2.28. The first kappa shape index (κ1) is 21.4. The van der Waals surface area contributed by atoms with E-state index in [1.807, 2.05) is 23.1 Å². The maximum atomic E-state index is 12.9. The Morgan fingerprint density at radius 3 is 2.53 bits per heavy atom. The zero-order valence-electron chi connectivity index (χ0n) is 17.1. The highest BCUT2D eigenvalue weighted by atomic mass is 16.6. The Labute approximate surface area is 174 Å². The maximum absolute atomic E-state index is 12.9. The Morgan fingerprint density at radius 1 is 1.13 bits per heavy atom. The third-order valence-electron chi connectivity index (χ3n) is 4.93. The number of carbonyl (C=O) groups excluding carboxylic acids is 1. The van der Waals surface area contributed by atoms with Crippen molar-refractivity contribution < 1.29 is 23.9 Å². The fraction of sp³-hybridized carbons (Fsp3) is 0.381. The van der Waals surface area contributed by atoms with Crippen LogP contribution in [-0.2, 0) is 11.2 Å². The van der Waals surface area contributed by atoms with E-state index in [2.05, 4.69) is 5.32 Å². The third kappa shape index (κ3) is 4.98. The van der Waals surface area contributed by atoms with Gasteiger partial charge >= 0.3 is 0 Å². The second-order valence-corrected chi connectivity index (χ2v) is 6.75. The molecule has 30 heavy (non-hydrogen) atoms. The van der Waals surface area contributed by atoms with Crippen molar-refractivity contribution in [3.63, 3.8) is 0 Å². The van der Waals surface area contributed by atoms with E-state index in [1.54, 1.807) is 20.3 Å². The van der Waals surface area contributed by atoms with Crippen LogP contribution >= 0.6 is 0 Å². The fourth-order valence-electron chi connectivity index (χ4n) is 3.35. The van der Waals surface area contributed by atoms with Crippen LogP contribution in [0.4, 0.5) is 11.4 Å². The van der Waals surface area contributed by atoms with Gasteiger partial charge in [0.2, 0.25) is 0 Å². The average Bonchev–Trinajstić information content (AvgIpc) is 2.79. The first-order valence-electron chi connectivity index (χ1n) is 9.63. The van der Waals surface area contributed by atoms with Crippen molar-refractivity contribution >= 4 is 17.3 Å². The number of ether oxygens (including phenoxy) is 3. The maximum Gasteiger partial charge on any atom is 0.270 e. The van der Waals surface area contributed by atoms with Crippen LogP contribution in [0.15, 0.2) is 36.4 Å². The monoisotopic (exact) mass is 415 g/mol. The molecule has 160 valence electrons. The van der Waals surface area contributed by atoms with Gasteiger partial charge in [-0.2, -0.15) is 0 Å². The molecule has 1 heterocycles. The number of nitrogens with zero attached hydrogens (tertiary/aromatic N) is 2. The van der Waals surface area contributed by atoms with Crippen molar-refractivity contribution in [3.05, 3.63) is 57.6 Å². The highest BCUT2D eigenvalue weighted by Gasteiger charge is 2.22. The van der Waals surface area contributed by atoms with Gasteiger partial charge in [-0.3, -0.25) is 14.9 Å². The summed E-state index contributed by atoms with van der Waals surface area (Å²) in [6, 6.07) is 9.96. The van der Waals surface area contributed by atoms with E-state index in [1.165, 1.54) is 12.1 Å². The molecule has 1 saturated heterocycles. The van der Waals surface area contributed by atoms with Gasteiger partial charge in [0.1, 0.15) is 0 Å². The Bertz CT molecular complexity index is 912. The molecule has 9 nitrogen and oxygen atoms in total. The van der Waals surface area contributed by atoms with Crippen LogP contribution in [0.5, 0.6) is 11.5 Å². The van der Waals surface area contributed by atoms with Crippen molar-refractivity contribution in [2.24, 2.45) is 0 Å². The number of hydrogen-bond acceptors (Lipinski definition) is 7. The lowest BCUT2D eigenvalue weighted by molar-refractivity contribution is -0.384. The van der Waals surface area contributed by atoms with E-state index in [9.17, 15) is 14.9 Å². The van der Waals surface area contributed by atoms with E-state index in [0.717, 1.165) is 5.56 Å². The second-order valence-electron chi connectivity index (χ2n) is 6.75. The number of amides is 1. The van der Waals surface area contributed by atoms with Gasteiger partial charge in [0.25, 0.3) is 11.6 Å². The minimum absolute atomic E-state index is 0.114. The van der Waals surface area contributed by atoms with Gasteiger partial charge in [0.05, 0.1) is 43.6 Å². The SMILES string of the molecule is COc1ccc(CCNC(=O)c2cc([N+](=O)[O-])ccc2N2CCOCC2)cc1OC. The van der Waals surface area contributed by atoms with Crippen molar-refractivity contribution in [1.82, 2.24) is 5.32 Å². The van der Waals surface area contributed by atoms with Crippen LogP contribution < -0.4 is 19.7 Å². The van der Waals surface area contributed by atoms with E-state index in [-0.39, 0.29) is 11.6 Å². The lowest BCUT2D eigenvalue weighted by Crippen LogP contribution is -2.38. The van der Waals surface area contributed by atoms with E-state index in [0.29, 0.717) is 62.0 Å². The zero-order chi connectivity index (χ0) is 21.5. The van der Waals surface area contributed by atoms with Gasteiger partial charge in [-0.25, -0.2) is 0 Å². The van der Waals surface area contributed by atoms with Gasteiger partial charge in [-0.1, -0.05) is 6.07 Å². The number of carbonyl (C=O) groups is 1. The summed E-state index contributed by atoms with van der Waals surface area (Å²) in [5.41, 5.74) is 1.82. The van der Waals surface area contributed by atoms with Gasteiger partial charge in [-0.05, 0) is 30.2 Å². The van der Waals surface area contributed by atoms with E-state index in [4.69, 9.17) is 14.2 Å². The van der Waals surface area contributed by atoms with Crippen LogP contribution in [0.3, 0.4) is 0 Å². The molecule has 2 aromatic rings. The molecular formula is C21H25N3O6. The molecule has 0 aromatic heterocycles. The number of rotatable bonds is 8. The van der Waals surface area contributed by atoms with Crippen LogP contribution in [0.2, 0.25) is 0 Å². The highest BCUT2D eigenvalue weighted by molar-refractivity contribution is 6.00. The first-order valence-corrected chi connectivity index (χ1v) is 9.63. The predicted octanol–water partition coefficient (Wildman–Crippen LogP) is 2.42. The fourth-order valence-corrected chi connectivity index (χ4v) is 3.35. The normalized spacial score (nSPS) is 13.6. The molecule has 1 amide bonds. The summed E-state index contributed by atoms with van der Waals surface area (Å²) in [6.45, 7) is 2.74. The quantitative estimate of drug-likeness (QED) is 0.522. The van der Waals surface area contributed by atoms with Crippen LogP contribution in [0.25, 0.3) is 0 Å². The molecule has 3 rings (SSSR count). The van der Waals surface area contributed by atoms with Crippen molar-refractivity contribution in [2.75, 3.05) is 52.0 Å². The standard InChI is InChI=1S/C21H25N3O6/c1-28-19-6-3-15(13-20(19)29-2)7-8-22-21(25)17-14-16(24(26)27)4-5-18(17)23-9-11-30-12-10-23/h3-6,13-14H,7-12H2,1-2H3,(H,22,25). The number of nitro groups is 1. The largest absolute Gasteiger partial charge is 0.493 e. The van der Waals surface area contributed by atoms with Crippen molar-refractivity contribution in [1.29, 1.82) is 0 Å². The topological polar surface area (TPSA) is 103 Å². The number of methoxy groups -OCH3 is 2. The summed E-state index contributed by atoms with van der Waals surface area (Å²) >= 11 is 0. The third-order valence-corrected chi connectivity index (χ3v) is 4.93. The molecule has 0 bridgehead atoms. The lowest BCUT2D eigenvalue weighted by Gasteiger charge is -2.30. The molecule has 0 unspecified atom stereocenters. The molecule has 1 aliphatic rings. The number of nitrogens with one attached hydrogen (secondary N) is 1. The number of nitro benzene ring substituents is 1. The molecule has 0 spiro atoms. The molecule has 0 atom stereocenters. The Balaban J connectivity index is 1.72. The van der Waals surface area contributed by atoms with Crippen LogP contribution in [0.1, 0.15) is 15.9 Å². The minimum Gasteiger partial charge on any atom is -0.493 e. The summed E-state index contributed by atoms with van der Waals surface area (Å²) in [6.07, 6.45) is 0.577. The average molecular weight is 415 g/mol. The molecule has 0 aliphatic carbocycles. The zero-order valence-corrected chi connectivity index (χ0v) is 17.1. The molecular weight excluding hydrogens is 390 g/mol. The Hall–Kier alpha value is -3.33. The number of hydrogen-bond donors (Lipinski definition) is 1. The molecule has 9 heteroatoms. The second kappa shape index (κ2) is 9.93. The van der Waals surface area contributed by atoms with Crippen LogP contribution in [-0.4, -0.2) is 57.9 Å². The molecule has 0 radical (unpaired) electrons. The van der Waals surface area contributed by atoms with Crippen molar-refractivity contribution in [3.8, 4) is 11.5 Å². The molecule has 1 fully saturated rings. The summed E-state index contributed by atoms with van der Waals surface area (Å²) in [5, 5.41) is 14.1. The van der Waals surface area contributed by atoms with Gasteiger partial charge in [0.15, 0.2) is 11.5 Å². The molecule has 0 saturated carbocycles. The summed E-state index contributed by atoms with van der Waals surface area (Å²) in [7, 11) is 3.14. The number of benzene rings is 2. The number of anilines is 1. The van der Waals surface area contributed by atoms with Gasteiger partial charge < -0.3 is 24.4 Å². The lowest BCUT2D eigenvalue weighted by atomic mass is 10.1.